The highest BCUT2D eigenvalue weighted by atomic mass is 31.2. The zero-order chi connectivity index (χ0) is 49.0. The number of anilines is 1. The molecule has 1 N–H and O–H groups in total. The minimum absolute atomic E-state index is 0.138. The molecule has 4 aromatic carbocycles. The molecule has 0 saturated heterocycles. The van der Waals surface area contributed by atoms with Crippen LogP contribution >= 0.6 is 7.29 Å². The summed E-state index contributed by atoms with van der Waals surface area (Å²) in [5.74, 6) is 1.33. The molecule has 2 aromatic heterocycles. The Balaban J connectivity index is 1.52. The van der Waals surface area contributed by atoms with Crippen molar-refractivity contribution in [2.75, 3.05) is 26.1 Å². The van der Waals surface area contributed by atoms with Gasteiger partial charge >= 0.3 is 0 Å². The zero-order valence-electron chi connectivity index (χ0n) is 41.2. The van der Waals surface area contributed by atoms with Gasteiger partial charge in [0.25, 0.3) is 5.91 Å². The lowest BCUT2D eigenvalue weighted by molar-refractivity contribution is -0.0922. The molecule has 358 valence electrons. The Bertz CT molecular complexity index is 2680. The standard InChI is InChI=1S/C53H66N7O6PSi/c1-36(2)67(62,37(3)4)60(32-18-31-54)47-44(59-35-57-46-49(55-34-56-50(46)59)58-51(61)38-19-14-12-15-20-38)33-45(48(47)66-68(10,11)52(5,6)7)65-53(39-21-16-13-17-22-39,40-23-27-42(63-8)28-24-40)41-25-29-43(64-9)30-26-41/h12-17,19-30,34-37,44-45,47-48H,18,32-33H2,1-11H3,(H,55,56,58,61)/t44-,45+,47+,48+/m1/s1. The Morgan fingerprint density at radius 2 is 1.38 bits per heavy atom. The van der Waals surface area contributed by atoms with Gasteiger partial charge in [-0.25, -0.2) is 19.6 Å². The largest absolute Gasteiger partial charge is 0.497 e. The van der Waals surface area contributed by atoms with Crippen molar-refractivity contribution in [2.45, 2.75) is 121 Å². The van der Waals surface area contributed by atoms with Crippen molar-refractivity contribution in [1.82, 2.24) is 24.2 Å². The molecule has 0 unspecified atom stereocenters. The van der Waals surface area contributed by atoms with E-state index in [1.165, 1.54) is 6.33 Å². The van der Waals surface area contributed by atoms with Gasteiger partial charge in [0, 0.05) is 29.8 Å². The Morgan fingerprint density at radius 1 is 0.838 bits per heavy atom. The third kappa shape index (κ3) is 9.65. The highest BCUT2D eigenvalue weighted by molar-refractivity contribution is 7.62. The van der Waals surface area contributed by atoms with Crippen molar-refractivity contribution in [3.8, 4) is 17.6 Å². The van der Waals surface area contributed by atoms with Gasteiger partial charge in [-0.3, -0.25) is 4.79 Å². The zero-order valence-corrected chi connectivity index (χ0v) is 43.1. The minimum atomic E-state index is -3.32. The van der Waals surface area contributed by atoms with Gasteiger partial charge in [0.05, 0.1) is 50.9 Å². The molecule has 0 spiro atoms. The summed E-state index contributed by atoms with van der Waals surface area (Å²) in [6.07, 6.45) is 2.30. The Hall–Kier alpha value is -5.68. The molecule has 4 atom stereocenters. The van der Waals surface area contributed by atoms with Gasteiger partial charge in [-0.05, 0) is 77.6 Å². The molecule has 1 amide bonds. The number of amides is 1. The summed E-state index contributed by atoms with van der Waals surface area (Å²) >= 11 is 0. The number of nitriles is 1. The predicted molar refractivity (Wildman–Crippen MR) is 271 cm³/mol. The second kappa shape index (κ2) is 20.5. The van der Waals surface area contributed by atoms with Crippen molar-refractivity contribution in [3.05, 3.63) is 144 Å². The summed E-state index contributed by atoms with van der Waals surface area (Å²) in [4.78, 5) is 27.8. The van der Waals surface area contributed by atoms with Gasteiger partial charge < -0.3 is 33.1 Å². The van der Waals surface area contributed by atoms with Crippen LogP contribution in [0.15, 0.2) is 122 Å². The van der Waals surface area contributed by atoms with Crippen molar-refractivity contribution < 1.29 is 28.0 Å². The topological polar surface area (TPSA) is 154 Å². The van der Waals surface area contributed by atoms with Gasteiger partial charge in [-0.1, -0.05) is 121 Å². The number of ether oxygens (including phenoxy) is 3. The van der Waals surface area contributed by atoms with E-state index in [1.807, 2.05) is 105 Å². The van der Waals surface area contributed by atoms with Crippen molar-refractivity contribution in [1.29, 1.82) is 5.26 Å². The second-order valence-electron chi connectivity index (χ2n) is 19.6. The molecule has 1 fully saturated rings. The van der Waals surface area contributed by atoms with Crippen LogP contribution in [0.4, 0.5) is 5.82 Å². The first-order chi connectivity index (χ1) is 32.4. The van der Waals surface area contributed by atoms with Gasteiger partial charge in [-0.2, -0.15) is 5.26 Å². The molecule has 0 bridgehead atoms. The van der Waals surface area contributed by atoms with Gasteiger partial charge in [0.1, 0.15) is 23.4 Å². The van der Waals surface area contributed by atoms with E-state index in [1.54, 1.807) is 44.8 Å². The van der Waals surface area contributed by atoms with E-state index >= 15 is 4.57 Å². The van der Waals surface area contributed by atoms with Crippen molar-refractivity contribution >= 4 is 38.5 Å². The summed E-state index contributed by atoms with van der Waals surface area (Å²) in [5.41, 5.74) is 2.20. The molecule has 0 aliphatic heterocycles. The molecule has 1 aliphatic rings. The van der Waals surface area contributed by atoms with Crippen LogP contribution in [0.25, 0.3) is 11.2 Å². The van der Waals surface area contributed by atoms with E-state index in [-0.39, 0.29) is 41.0 Å². The number of carbonyl (C=O) groups excluding carboxylic acids is 1. The number of hydrogen-bond donors (Lipinski definition) is 1. The lowest BCUT2D eigenvalue weighted by Crippen LogP contribution is -2.55. The monoisotopic (exact) mass is 955 g/mol. The van der Waals surface area contributed by atoms with Crippen LogP contribution in [0.1, 0.15) is 94.4 Å². The van der Waals surface area contributed by atoms with Crippen LogP contribution in [0.3, 0.4) is 0 Å². The SMILES string of the molecule is COc1ccc(C(O[C@H]2C[C@@H](n3cnc4c(NC(=O)c5ccccc5)ncnc43)[C@H](N(CCC#N)P(=O)(C(C)C)C(C)C)[C@H]2O[Si](C)(C)C(C)(C)C)(c2ccccc2)c2ccc(OC)cc2)cc1. The van der Waals surface area contributed by atoms with E-state index in [0.717, 1.165) is 16.7 Å². The molecular weight excluding hydrogens is 890 g/mol. The molecule has 15 heteroatoms. The van der Waals surface area contributed by atoms with Gasteiger partial charge in [0.15, 0.2) is 32.6 Å². The fourth-order valence-electron chi connectivity index (χ4n) is 9.45. The van der Waals surface area contributed by atoms with Crippen LogP contribution in [0.5, 0.6) is 11.5 Å². The van der Waals surface area contributed by atoms with E-state index < -0.39 is 45.5 Å². The maximum atomic E-state index is 16.2. The number of nitrogens with one attached hydrogen (secondary N) is 1. The van der Waals surface area contributed by atoms with E-state index in [4.69, 9.17) is 28.6 Å². The first-order valence-corrected chi connectivity index (χ1v) is 28.1. The maximum Gasteiger partial charge on any atom is 0.256 e. The number of nitrogens with zero attached hydrogens (tertiary/aromatic N) is 6. The number of rotatable bonds is 18. The number of fused-ring (bicyclic) bond motifs is 1. The molecule has 7 rings (SSSR count). The number of hydrogen-bond acceptors (Lipinski definition) is 10. The third-order valence-corrected chi connectivity index (χ3v) is 22.7. The molecule has 13 nitrogen and oxygen atoms in total. The van der Waals surface area contributed by atoms with E-state index in [2.05, 4.69) is 67.0 Å². The van der Waals surface area contributed by atoms with Gasteiger partial charge in [0.2, 0.25) is 0 Å². The molecule has 1 aliphatic carbocycles. The van der Waals surface area contributed by atoms with Crippen LogP contribution in [-0.4, -0.2) is 88.7 Å². The Kier molecular flexibility index (Phi) is 15.1. The highest BCUT2D eigenvalue weighted by Crippen LogP contribution is 2.63. The minimum Gasteiger partial charge on any atom is -0.497 e. The lowest BCUT2D eigenvalue weighted by Gasteiger charge is -2.48. The van der Waals surface area contributed by atoms with Crippen LogP contribution in [0, 0.1) is 11.3 Å². The molecule has 0 radical (unpaired) electrons. The number of aromatic nitrogens is 4. The summed E-state index contributed by atoms with van der Waals surface area (Å²) in [5, 5.41) is 13.0. The average Bonchev–Trinajstić information content (AvgIpc) is 3.92. The number of methoxy groups -OCH3 is 2. The van der Waals surface area contributed by atoms with Crippen LogP contribution < -0.4 is 14.8 Å². The van der Waals surface area contributed by atoms with E-state index in [0.29, 0.717) is 34.6 Å². The van der Waals surface area contributed by atoms with Crippen molar-refractivity contribution in [3.63, 3.8) is 0 Å². The molecular formula is C53H66N7O6PSi. The number of imidazole rings is 1. The quantitative estimate of drug-likeness (QED) is 0.0497. The fourth-order valence-corrected chi connectivity index (χ4v) is 14.3. The Morgan fingerprint density at radius 3 is 1.90 bits per heavy atom. The fraction of sp³-hybridized carbons (Fsp3) is 0.415. The Labute approximate surface area is 402 Å². The predicted octanol–water partition coefficient (Wildman–Crippen LogP) is 11.5. The van der Waals surface area contributed by atoms with Crippen LogP contribution in [-0.2, 0) is 19.3 Å². The third-order valence-electron chi connectivity index (χ3n) is 14.0. The number of benzene rings is 4. The first kappa shape index (κ1) is 50.2. The van der Waals surface area contributed by atoms with Gasteiger partial charge in [-0.15, -0.1) is 0 Å². The maximum absolute atomic E-state index is 16.2. The summed E-state index contributed by atoms with van der Waals surface area (Å²) < 4.78 is 47.5. The molecule has 1 saturated carbocycles. The van der Waals surface area contributed by atoms with E-state index in [9.17, 15) is 10.1 Å². The second-order valence-corrected chi connectivity index (χ2v) is 28.3. The molecule has 2 heterocycles. The number of carbonyl (C=O) groups is 1. The highest BCUT2D eigenvalue weighted by Gasteiger charge is 2.58. The van der Waals surface area contributed by atoms with Crippen LogP contribution in [0.2, 0.25) is 18.1 Å². The average molecular weight is 956 g/mol. The summed E-state index contributed by atoms with van der Waals surface area (Å²) in [6.45, 7) is 19.4. The smallest absolute Gasteiger partial charge is 0.256 e. The first-order valence-electron chi connectivity index (χ1n) is 23.4. The molecule has 68 heavy (non-hydrogen) atoms. The normalized spacial score (nSPS) is 18.0. The summed E-state index contributed by atoms with van der Waals surface area (Å²) in [6, 6.07) is 36.3. The lowest BCUT2D eigenvalue weighted by atomic mass is 9.79. The van der Waals surface area contributed by atoms with Crippen molar-refractivity contribution in [2.24, 2.45) is 0 Å². The molecule has 6 aromatic rings. The summed E-state index contributed by atoms with van der Waals surface area (Å²) in [7, 11) is -2.72.